The number of benzene rings is 1. The van der Waals surface area contributed by atoms with Crippen LogP contribution < -0.4 is 16.4 Å². The van der Waals surface area contributed by atoms with Gasteiger partial charge in [-0.15, -0.1) is 5.10 Å². The van der Waals surface area contributed by atoms with E-state index in [1.165, 1.54) is 4.52 Å². The summed E-state index contributed by atoms with van der Waals surface area (Å²) in [5, 5.41) is 10.3. The van der Waals surface area contributed by atoms with Gasteiger partial charge in [0.15, 0.2) is 5.76 Å². The maximum Gasteiger partial charge on any atom is 0.259 e. The maximum absolute atomic E-state index is 12.2. The molecule has 0 bridgehead atoms. The molecule has 170 valence electrons. The number of rotatable bonds is 8. The molecule has 0 fully saturated rings. The highest BCUT2D eigenvalue weighted by atomic mass is 16.3. The number of furan rings is 1. The molecule has 5 rings (SSSR count). The average Bonchev–Trinajstić information content (AvgIpc) is 3.51. The molecule has 1 aromatic carbocycles. The molecule has 0 atom stereocenters. The van der Waals surface area contributed by atoms with Crippen molar-refractivity contribution in [2.45, 2.75) is 12.8 Å². The fourth-order valence-corrected chi connectivity index (χ4v) is 3.36. The first-order chi connectivity index (χ1) is 16.6. The normalized spacial score (nSPS) is 10.9. The maximum atomic E-state index is 12.2. The van der Waals surface area contributed by atoms with Gasteiger partial charge in [-0.25, -0.2) is 0 Å². The zero-order valence-electron chi connectivity index (χ0n) is 18.0. The van der Waals surface area contributed by atoms with E-state index in [1.54, 1.807) is 30.8 Å². The first kappa shape index (κ1) is 21.1. The Morgan fingerprint density at radius 1 is 1.00 bits per heavy atom. The molecule has 0 saturated carbocycles. The molecule has 5 aromatic rings. The van der Waals surface area contributed by atoms with Gasteiger partial charge in [0.05, 0.1) is 12.7 Å². The summed E-state index contributed by atoms with van der Waals surface area (Å²) in [4.78, 5) is 29.1. The van der Waals surface area contributed by atoms with Crippen molar-refractivity contribution in [1.82, 2.24) is 29.5 Å². The Balaban J connectivity index is 1.16. The monoisotopic (exact) mass is 455 g/mol. The summed E-state index contributed by atoms with van der Waals surface area (Å²) in [5.74, 6) is 1.70. The standard InChI is InChI=1S/C23H21N9O2/c24-21-29-22(30-23-28-20(31-32(21)23)18-2-1-13-34-18)26-12-9-15-3-5-17(6-4-15)27-19(33)14-16-7-10-25-11-8-16/h1-8,10-11,13H,9,12,14H2,(H,27,33)(H3,24,26,28,29,30,31). The number of aromatic nitrogens is 6. The Morgan fingerprint density at radius 2 is 1.82 bits per heavy atom. The van der Waals surface area contributed by atoms with Crippen molar-refractivity contribution in [2.24, 2.45) is 0 Å². The molecule has 0 spiro atoms. The molecule has 34 heavy (non-hydrogen) atoms. The van der Waals surface area contributed by atoms with E-state index >= 15 is 0 Å². The van der Waals surface area contributed by atoms with Crippen LogP contribution in [0.1, 0.15) is 11.1 Å². The highest BCUT2D eigenvalue weighted by Crippen LogP contribution is 2.18. The van der Waals surface area contributed by atoms with E-state index in [4.69, 9.17) is 10.2 Å². The van der Waals surface area contributed by atoms with E-state index in [0.29, 0.717) is 36.3 Å². The number of fused-ring (bicyclic) bond motifs is 1. The van der Waals surface area contributed by atoms with Crippen LogP contribution in [0.5, 0.6) is 0 Å². The Hall–Kier alpha value is -4.80. The minimum absolute atomic E-state index is 0.0746. The first-order valence-corrected chi connectivity index (χ1v) is 10.6. The van der Waals surface area contributed by atoms with Crippen LogP contribution >= 0.6 is 0 Å². The van der Waals surface area contributed by atoms with Crippen LogP contribution in [-0.2, 0) is 17.6 Å². The number of anilines is 3. The molecular formula is C23H21N9O2. The molecule has 11 nitrogen and oxygen atoms in total. The molecular weight excluding hydrogens is 434 g/mol. The lowest BCUT2D eigenvalue weighted by atomic mass is 10.1. The molecule has 0 unspecified atom stereocenters. The van der Waals surface area contributed by atoms with E-state index in [0.717, 1.165) is 23.2 Å². The van der Waals surface area contributed by atoms with Crippen molar-refractivity contribution in [3.05, 3.63) is 78.3 Å². The number of hydrogen-bond acceptors (Lipinski definition) is 9. The Labute approximate surface area is 194 Å². The average molecular weight is 455 g/mol. The van der Waals surface area contributed by atoms with Crippen molar-refractivity contribution >= 4 is 29.3 Å². The number of nitrogens with two attached hydrogens (primary N) is 1. The van der Waals surface area contributed by atoms with Crippen molar-refractivity contribution in [2.75, 3.05) is 22.9 Å². The molecule has 0 saturated heterocycles. The van der Waals surface area contributed by atoms with Crippen LogP contribution in [0.25, 0.3) is 17.4 Å². The van der Waals surface area contributed by atoms with Crippen LogP contribution in [-0.4, -0.2) is 42.0 Å². The number of carbonyl (C=O) groups excluding carboxylic acids is 1. The third kappa shape index (κ3) is 4.83. The number of nitrogen functional groups attached to an aromatic ring is 1. The van der Waals surface area contributed by atoms with E-state index in [2.05, 4.69) is 35.7 Å². The van der Waals surface area contributed by atoms with Gasteiger partial charge in [-0.3, -0.25) is 9.78 Å². The van der Waals surface area contributed by atoms with Crippen molar-refractivity contribution in [3.8, 4) is 11.6 Å². The molecule has 4 N–H and O–H groups in total. The molecule has 11 heteroatoms. The number of hydrogen-bond donors (Lipinski definition) is 3. The fraction of sp³-hybridized carbons (Fsp3) is 0.130. The molecule has 0 radical (unpaired) electrons. The zero-order valence-corrected chi connectivity index (χ0v) is 18.0. The molecule has 4 heterocycles. The summed E-state index contributed by atoms with van der Waals surface area (Å²) < 4.78 is 6.69. The summed E-state index contributed by atoms with van der Waals surface area (Å²) >= 11 is 0. The summed E-state index contributed by atoms with van der Waals surface area (Å²) in [6, 6.07) is 14.9. The van der Waals surface area contributed by atoms with E-state index in [1.807, 2.05) is 36.4 Å². The fourth-order valence-electron chi connectivity index (χ4n) is 3.36. The second-order valence-electron chi connectivity index (χ2n) is 7.48. The van der Waals surface area contributed by atoms with Crippen molar-refractivity contribution < 1.29 is 9.21 Å². The zero-order chi connectivity index (χ0) is 23.3. The van der Waals surface area contributed by atoms with Gasteiger partial charge in [0.25, 0.3) is 5.78 Å². The summed E-state index contributed by atoms with van der Waals surface area (Å²) in [6.45, 7) is 0.586. The van der Waals surface area contributed by atoms with E-state index < -0.39 is 0 Å². The van der Waals surface area contributed by atoms with Gasteiger partial charge in [0.2, 0.25) is 23.6 Å². The predicted molar refractivity (Wildman–Crippen MR) is 126 cm³/mol. The number of nitrogens with one attached hydrogen (secondary N) is 2. The van der Waals surface area contributed by atoms with Gasteiger partial charge in [0, 0.05) is 24.6 Å². The number of pyridine rings is 1. The first-order valence-electron chi connectivity index (χ1n) is 10.6. The van der Waals surface area contributed by atoms with Crippen LogP contribution in [0.2, 0.25) is 0 Å². The van der Waals surface area contributed by atoms with E-state index in [-0.39, 0.29) is 11.9 Å². The predicted octanol–water partition coefficient (Wildman–Crippen LogP) is 2.59. The molecule has 0 aliphatic carbocycles. The lowest BCUT2D eigenvalue weighted by molar-refractivity contribution is -0.115. The van der Waals surface area contributed by atoms with Crippen LogP contribution in [0.15, 0.2) is 71.6 Å². The molecule has 4 aromatic heterocycles. The third-order valence-electron chi connectivity index (χ3n) is 5.02. The number of carbonyl (C=O) groups is 1. The van der Waals surface area contributed by atoms with Gasteiger partial charge in [-0.05, 0) is 53.9 Å². The quantitative estimate of drug-likeness (QED) is 0.321. The SMILES string of the molecule is Nc1nc(NCCc2ccc(NC(=O)Cc3ccncc3)cc2)nc2nc(-c3ccco3)nn12. The minimum atomic E-state index is -0.0746. The van der Waals surface area contributed by atoms with Crippen LogP contribution in [0.4, 0.5) is 17.6 Å². The Morgan fingerprint density at radius 3 is 2.59 bits per heavy atom. The highest BCUT2D eigenvalue weighted by Gasteiger charge is 2.13. The smallest absolute Gasteiger partial charge is 0.259 e. The molecule has 0 aliphatic rings. The summed E-state index contributed by atoms with van der Waals surface area (Å²) in [5.41, 5.74) is 8.77. The molecule has 0 aliphatic heterocycles. The largest absolute Gasteiger partial charge is 0.461 e. The van der Waals surface area contributed by atoms with E-state index in [9.17, 15) is 4.79 Å². The van der Waals surface area contributed by atoms with Crippen molar-refractivity contribution in [1.29, 1.82) is 0 Å². The lowest BCUT2D eigenvalue weighted by Gasteiger charge is -2.08. The van der Waals surface area contributed by atoms with Gasteiger partial charge >= 0.3 is 0 Å². The van der Waals surface area contributed by atoms with Crippen LogP contribution in [0, 0.1) is 0 Å². The van der Waals surface area contributed by atoms with Gasteiger partial charge in [-0.2, -0.15) is 19.5 Å². The second-order valence-corrected chi connectivity index (χ2v) is 7.48. The minimum Gasteiger partial charge on any atom is -0.461 e. The van der Waals surface area contributed by atoms with Crippen molar-refractivity contribution in [3.63, 3.8) is 0 Å². The Bertz CT molecular complexity index is 1400. The summed E-state index contributed by atoms with van der Waals surface area (Å²) in [6.07, 6.45) is 5.92. The Kier molecular flexibility index (Phi) is 5.80. The number of amides is 1. The summed E-state index contributed by atoms with van der Waals surface area (Å²) in [7, 11) is 0. The highest BCUT2D eigenvalue weighted by molar-refractivity contribution is 5.92. The second kappa shape index (κ2) is 9.36. The molecule has 1 amide bonds. The lowest BCUT2D eigenvalue weighted by Crippen LogP contribution is -2.14. The third-order valence-corrected chi connectivity index (χ3v) is 5.02. The van der Waals surface area contributed by atoms with Gasteiger partial charge < -0.3 is 20.8 Å². The van der Waals surface area contributed by atoms with Gasteiger partial charge in [0.1, 0.15) is 0 Å². The topological polar surface area (TPSA) is 149 Å². The van der Waals surface area contributed by atoms with Crippen LogP contribution in [0.3, 0.4) is 0 Å². The van der Waals surface area contributed by atoms with Gasteiger partial charge in [-0.1, -0.05) is 12.1 Å². The number of nitrogens with zero attached hydrogens (tertiary/aromatic N) is 6.